The van der Waals surface area contributed by atoms with Crippen molar-refractivity contribution in [1.29, 1.82) is 0 Å². The van der Waals surface area contributed by atoms with Gasteiger partial charge in [-0.2, -0.15) is 0 Å². The number of aromatic nitrogens is 1. The highest BCUT2D eigenvalue weighted by atomic mass is 16.3. The highest BCUT2D eigenvalue weighted by molar-refractivity contribution is 5.94. The summed E-state index contributed by atoms with van der Waals surface area (Å²) < 4.78 is 0. The molecule has 0 radical (unpaired) electrons. The van der Waals surface area contributed by atoms with Gasteiger partial charge >= 0.3 is 0 Å². The molecule has 1 aromatic carbocycles. The summed E-state index contributed by atoms with van der Waals surface area (Å²) in [5, 5.41) is 19.0. The van der Waals surface area contributed by atoms with E-state index < -0.39 is 0 Å². The molecule has 1 heterocycles. The third kappa shape index (κ3) is 3.01. The van der Waals surface area contributed by atoms with E-state index in [4.69, 9.17) is 0 Å². The van der Waals surface area contributed by atoms with Crippen LogP contribution in [-0.2, 0) is 6.54 Å². The number of pyridine rings is 1. The molecule has 0 unspecified atom stereocenters. The minimum atomic E-state index is -0.272. The first-order chi connectivity index (χ1) is 9.08. The summed E-state index contributed by atoms with van der Waals surface area (Å²) in [5.41, 5.74) is 0.962. The third-order valence-electron chi connectivity index (χ3n) is 2.72. The van der Waals surface area contributed by atoms with E-state index in [1.54, 1.807) is 31.3 Å². The fraction of sp³-hybridized carbons (Fsp3) is 0.143. The van der Waals surface area contributed by atoms with Crippen LogP contribution in [0.5, 0.6) is 11.5 Å². The second-order valence-corrected chi connectivity index (χ2v) is 4.22. The summed E-state index contributed by atoms with van der Waals surface area (Å²) in [5.74, 6) is -0.176. The van der Waals surface area contributed by atoms with Gasteiger partial charge in [-0.1, -0.05) is 18.2 Å². The van der Waals surface area contributed by atoms with Crippen LogP contribution in [0.1, 0.15) is 15.9 Å². The monoisotopic (exact) mass is 258 g/mol. The number of nitrogens with zero attached hydrogens (tertiary/aromatic N) is 2. The summed E-state index contributed by atoms with van der Waals surface area (Å²) >= 11 is 0. The molecule has 0 fully saturated rings. The number of phenols is 1. The molecule has 0 aliphatic rings. The molecule has 98 valence electrons. The maximum atomic E-state index is 12.1. The number of carbonyl (C=O) groups excluding carboxylic acids is 1. The molecule has 0 bridgehead atoms. The smallest absolute Gasteiger partial charge is 0.255 e. The molecular formula is C14H14N2O3. The molecule has 0 aliphatic carbocycles. The Morgan fingerprint density at radius 3 is 2.68 bits per heavy atom. The van der Waals surface area contributed by atoms with Crippen LogP contribution in [0.15, 0.2) is 42.7 Å². The number of para-hydroxylation sites is 1. The fourth-order valence-electron chi connectivity index (χ4n) is 1.74. The van der Waals surface area contributed by atoms with Crippen molar-refractivity contribution >= 4 is 5.91 Å². The molecule has 0 atom stereocenters. The normalized spacial score (nSPS) is 10.2. The molecule has 2 aromatic rings. The molecule has 0 aliphatic heterocycles. The lowest BCUT2D eigenvalue weighted by Gasteiger charge is -2.17. The number of hydrogen-bond acceptors (Lipinski definition) is 4. The van der Waals surface area contributed by atoms with Crippen molar-refractivity contribution in [3.8, 4) is 11.5 Å². The van der Waals surface area contributed by atoms with Gasteiger partial charge in [-0.3, -0.25) is 9.78 Å². The summed E-state index contributed by atoms with van der Waals surface area (Å²) in [7, 11) is 1.62. The van der Waals surface area contributed by atoms with Gasteiger partial charge in [-0.05, 0) is 12.1 Å². The van der Waals surface area contributed by atoms with Crippen LogP contribution >= 0.6 is 0 Å². The second kappa shape index (κ2) is 5.39. The first-order valence-corrected chi connectivity index (χ1v) is 5.74. The third-order valence-corrected chi connectivity index (χ3v) is 2.72. The van der Waals surface area contributed by atoms with Gasteiger partial charge in [0.25, 0.3) is 5.91 Å². The topological polar surface area (TPSA) is 73.7 Å². The zero-order valence-electron chi connectivity index (χ0n) is 10.4. The zero-order valence-corrected chi connectivity index (χ0v) is 10.4. The van der Waals surface area contributed by atoms with Crippen LogP contribution in [0.4, 0.5) is 0 Å². The highest BCUT2D eigenvalue weighted by Gasteiger charge is 2.14. The Kier molecular flexibility index (Phi) is 3.66. The van der Waals surface area contributed by atoms with Crippen molar-refractivity contribution in [1.82, 2.24) is 9.88 Å². The van der Waals surface area contributed by atoms with E-state index in [1.807, 2.05) is 0 Å². The first-order valence-electron chi connectivity index (χ1n) is 5.74. The minimum absolute atomic E-state index is 0.0539. The molecule has 1 amide bonds. The van der Waals surface area contributed by atoms with Gasteiger partial charge in [-0.25, -0.2) is 0 Å². The van der Waals surface area contributed by atoms with Crippen molar-refractivity contribution in [2.45, 2.75) is 6.54 Å². The standard InChI is InChI=1S/C14H14N2O3/c1-16(9-10-4-2-3-5-13(10)18)14(19)11-6-12(17)8-15-7-11/h2-8,17-18H,9H2,1H3. The quantitative estimate of drug-likeness (QED) is 0.879. The summed E-state index contributed by atoms with van der Waals surface area (Å²) in [6, 6.07) is 8.20. The maximum absolute atomic E-state index is 12.1. The molecule has 0 spiro atoms. The van der Waals surface area contributed by atoms with Gasteiger partial charge in [0, 0.05) is 25.4 Å². The van der Waals surface area contributed by atoms with Crippen molar-refractivity contribution in [2.24, 2.45) is 0 Å². The molecule has 19 heavy (non-hydrogen) atoms. The Balaban J connectivity index is 2.14. The van der Waals surface area contributed by atoms with Gasteiger partial charge in [0.15, 0.2) is 0 Å². The van der Waals surface area contributed by atoms with Crippen molar-refractivity contribution in [2.75, 3.05) is 7.05 Å². The number of phenolic OH excluding ortho intramolecular Hbond substituents is 1. The molecule has 2 N–H and O–H groups in total. The predicted molar refractivity (Wildman–Crippen MR) is 69.8 cm³/mol. The van der Waals surface area contributed by atoms with Crippen LogP contribution in [0.25, 0.3) is 0 Å². The lowest BCUT2D eigenvalue weighted by Crippen LogP contribution is -2.26. The number of hydrogen-bond donors (Lipinski definition) is 2. The van der Waals surface area contributed by atoms with Gasteiger partial charge in [0.1, 0.15) is 11.5 Å². The number of benzene rings is 1. The summed E-state index contributed by atoms with van der Waals surface area (Å²) in [6.45, 7) is 0.279. The van der Waals surface area contributed by atoms with E-state index >= 15 is 0 Å². The average Bonchev–Trinajstić information content (AvgIpc) is 2.40. The molecule has 1 aromatic heterocycles. The Morgan fingerprint density at radius 1 is 1.26 bits per heavy atom. The van der Waals surface area contributed by atoms with Gasteiger partial charge < -0.3 is 15.1 Å². The van der Waals surface area contributed by atoms with Crippen LogP contribution in [-0.4, -0.2) is 33.1 Å². The Morgan fingerprint density at radius 2 is 2.00 bits per heavy atom. The predicted octanol–water partition coefficient (Wildman–Crippen LogP) is 1.76. The number of amides is 1. The number of aromatic hydroxyl groups is 2. The van der Waals surface area contributed by atoms with Crippen LogP contribution in [0, 0.1) is 0 Å². The largest absolute Gasteiger partial charge is 0.508 e. The maximum Gasteiger partial charge on any atom is 0.255 e. The highest BCUT2D eigenvalue weighted by Crippen LogP contribution is 2.18. The van der Waals surface area contributed by atoms with Crippen LogP contribution < -0.4 is 0 Å². The number of carbonyl (C=O) groups is 1. The summed E-state index contributed by atoms with van der Waals surface area (Å²) in [6.07, 6.45) is 2.66. The van der Waals surface area contributed by atoms with Crippen molar-refractivity contribution < 1.29 is 15.0 Å². The minimum Gasteiger partial charge on any atom is -0.508 e. The van der Waals surface area contributed by atoms with Crippen molar-refractivity contribution in [3.05, 3.63) is 53.9 Å². The second-order valence-electron chi connectivity index (χ2n) is 4.22. The summed E-state index contributed by atoms with van der Waals surface area (Å²) in [4.78, 5) is 17.3. The molecular weight excluding hydrogens is 244 g/mol. The Labute approximate surface area is 110 Å². The van der Waals surface area contributed by atoms with Crippen LogP contribution in [0.3, 0.4) is 0 Å². The van der Waals surface area contributed by atoms with E-state index in [9.17, 15) is 15.0 Å². The molecule has 2 rings (SSSR count). The zero-order chi connectivity index (χ0) is 13.8. The lowest BCUT2D eigenvalue weighted by molar-refractivity contribution is 0.0783. The van der Waals surface area contributed by atoms with E-state index in [-0.39, 0.29) is 24.0 Å². The van der Waals surface area contributed by atoms with E-state index in [0.717, 1.165) is 0 Å². The lowest BCUT2D eigenvalue weighted by atomic mass is 10.1. The van der Waals surface area contributed by atoms with E-state index in [1.165, 1.54) is 23.4 Å². The molecule has 0 saturated heterocycles. The first kappa shape index (κ1) is 12.9. The Bertz CT molecular complexity index is 599. The SMILES string of the molecule is CN(Cc1ccccc1O)C(=O)c1cncc(O)c1. The molecule has 5 nitrogen and oxygen atoms in total. The van der Waals surface area contributed by atoms with Gasteiger partial charge in [0.2, 0.25) is 0 Å². The molecule has 0 saturated carbocycles. The average molecular weight is 258 g/mol. The number of rotatable bonds is 3. The van der Waals surface area contributed by atoms with E-state index in [2.05, 4.69) is 4.98 Å². The van der Waals surface area contributed by atoms with E-state index in [0.29, 0.717) is 11.1 Å². The van der Waals surface area contributed by atoms with Crippen molar-refractivity contribution in [3.63, 3.8) is 0 Å². The van der Waals surface area contributed by atoms with Gasteiger partial charge in [0.05, 0.1) is 11.8 Å². The fourth-order valence-corrected chi connectivity index (χ4v) is 1.74. The Hall–Kier alpha value is -2.56. The molecule has 5 heteroatoms. The van der Waals surface area contributed by atoms with Gasteiger partial charge in [-0.15, -0.1) is 0 Å². The van der Waals surface area contributed by atoms with Crippen LogP contribution in [0.2, 0.25) is 0 Å².